The maximum Gasteiger partial charge on any atom is 0.269 e. The zero-order chi connectivity index (χ0) is 13.6. The fourth-order valence-corrected chi connectivity index (χ4v) is 1.81. The zero-order valence-corrected chi connectivity index (χ0v) is 10.8. The molecule has 1 heterocycles. The number of sulfonamides is 1. The van der Waals surface area contributed by atoms with Crippen LogP contribution in [0.15, 0.2) is 18.2 Å². The van der Waals surface area contributed by atoms with Crippen molar-refractivity contribution in [2.75, 3.05) is 24.7 Å². The summed E-state index contributed by atoms with van der Waals surface area (Å²) in [4.78, 5) is 15.7. The van der Waals surface area contributed by atoms with Crippen LogP contribution < -0.4 is 15.8 Å². The number of pyridine rings is 1. The van der Waals surface area contributed by atoms with E-state index in [0.29, 0.717) is 5.82 Å². The lowest BCUT2D eigenvalue weighted by molar-refractivity contribution is 0.0949. The molecule has 0 spiro atoms. The third-order valence-corrected chi connectivity index (χ3v) is 2.99. The second-order valence-corrected chi connectivity index (χ2v) is 5.37. The third-order valence-electron chi connectivity index (χ3n) is 2.13. The van der Waals surface area contributed by atoms with Gasteiger partial charge in [-0.1, -0.05) is 6.07 Å². The second-order valence-electron chi connectivity index (χ2n) is 3.63. The number of amides is 1. The van der Waals surface area contributed by atoms with E-state index in [1.165, 1.54) is 0 Å². The van der Waals surface area contributed by atoms with Crippen LogP contribution in [0.1, 0.15) is 16.9 Å². The molecule has 0 unspecified atom stereocenters. The molecule has 0 atom stereocenters. The van der Waals surface area contributed by atoms with Crippen LogP contribution in [0.2, 0.25) is 0 Å². The monoisotopic (exact) mass is 272 g/mol. The molecule has 100 valence electrons. The van der Waals surface area contributed by atoms with E-state index in [9.17, 15) is 13.2 Å². The number of carbonyl (C=O) groups excluding carboxylic acids is 1. The average molecular weight is 272 g/mol. The van der Waals surface area contributed by atoms with Crippen molar-refractivity contribution in [3.63, 3.8) is 0 Å². The van der Waals surface area contributed by atoms with Crippen LogP contribution >= 0.6 is 0 Å². The number of nitrogens with one attached hydrogen (secondary N) is 2. The molecule has 0 aliphatic heterocycles. The number of nitrogens with zero attached hydrogens (tertiary/aromatic N) is 1. The highest BCUT2D eigenvalue weighted by Gasteiger charge is 2.08. The highest BCUT2D eigenvalue weighted by atomic mass is 32.2. The Hall–Kier alpha value is -1.67. The summed E-state index contributed by atoms with van der Waals surface area (Å²) in [5, 5.41) is 10.2. The minimum Gasteiger partial charge on any atom is -0.373 e. The molecule has 4 N–H and O–H groups in total. The van der Waals surface area contributed by atoms with Crippen molar-refractivity contribution in [3.8, 4) is 0 Å². The number of primary sulfonamides is 1. The zero-order valence-electron chi connectivity index (χ0n) is 10.0. The first-order chi connectivity index (χ1) is 8.42. The standard InChI is InChI=1S/C10H16N4O3S/c1-12-9-5-2-4-8(14-9)10(15)13-6-3-7-18(11,16)17/h2,4-5H,3,6-7H2,1H3,(H,12,14)(H,13,15)(H2,11,16,17). The molecule has 0 radical (unpaired) electrons. The summed E-state index contributed by atoms with van der Waals surface area (Å²) in [5.41, 5.74) is 0.275. The first-order valence-corrected chi connectivity index (χ1v) is 7.07. The summed E-state index contributed by atoms with van der Waals surface area (Å²) in [7, 11) is -1.77. The van der Waals surface area contributed by atoms with Gasteiger partial charge in [-0.15, -0.1) is 0 Å². The Morgan fingerprint density at radius 1 is 1.44 bits per heavy atom. The van der Waals surface area contributed by atoms with Gasteiger partial charge in [-0.3, -0.25) is 4.79 Å². The van der Waals surface area contributed by atoms with Gasteiger partial charge >= 0.3 is 0 Å². The van der Waals surface area contributed by atoms with Gasteiger partial charge in [0.25, 0.3) is 5.91 Å². The molecule has 0 saturated heterocycles. The Kier molecular flexibility index (Phi) is 5.05. The molecule has 1 aromatic rings. The summed E-state index contributed by atoms with van der Waals surface area (Å²) >= 11 is 0. The first kappa shape index (κ1) is 14.4. The lowest BCUT2D eigenvalue weighted by atomic mass is 10.3. The molecule has 8 heteroatoms. The van der Waals surface area contributed by atoms with Gasteiger partial charge in [-0.2, -0.15) is 0 Å². The van der Waals surface area contributed by atoms with Crippen LogP contribution in [0.5, 0.6) is 0 Å². The van der Waals surface area contributed by atoms with Gasteiger partial charge in [0.05, 0.1) is 5.75 Å². The summed E-state index contributed by atoms with van der Waals surface area (Å²) in [5.74, 6) is 0.0887. The minimum atomic E-state index is -3.47. The van der Waals surface area contributed by atoms with Crippen LogP contribution in [0.4, 0.5) is 5.82 Å². The number of anilines is 1. The highest BCUT2D eigenvalue weighted by molar-refractivity contribution is 7.89. The lowest BCUT2D eigenvalue weighted by Gasteiger charge is -2.05. The Bertz CT molecular complexity index is 516. The highest BCUT2D eigenvalue weighted by Crippen LogP contribution is 2.03. The van der Waals surface area contributed by atoms with Gasteiger partial charge in [-0.25, -0.2) is 18.5 Å². The van der Waals surface area contributed by atoms with Crippen LogP contribution in [0.25, 0.3) is 0 Å². The molecule has 1 rings (SSSR count). The van der Waals surface area contributed by atoms with Crippen molar-refractivity contribution in [1.82, 2.24) is 10.3 Å². The van der Waals surface area contributed by atoms with Crippen molar-refractivity contribution >= 4 is 21.7 Å². The smallest absolute Gasteiger partial charge is 0.269 e. The van der Waals surface area contributed by atoms with Crippen LogP contribution in [-0.4, -0.2) is 38.7 Å². The minimum absolute atomic E-state index is 0.155. The van der Waals surface area contributed by atoms with E-state index in [-0.39, 0.29) is 30.3 Å². The topological polar surface area (TPSA) is 114 Å². The predicted octanol–water partition coefficient (Wildman–Crippen LogP) is -0.468. The summed E-state index contributed by atoms with van der Waals surface area (Å²) in [6.07, 6.45) is 0.274. The van der Waals surface area contributed by atoms with E-state index in [1.54, 1.807) is 25.2 Å². The maximum absolute atomic E-state index is 11.7. The van der Waals surface area contributed by atoms with Crippen LogP contribution in [0, 0.1) is 0 Å². The van der Waals surface area contributed by atoms with E-state index in [2.05, 4.69) is 15.6 Å². The van der Waals surface area contributed by atoms with Crippen LogP contribution in [-0.2, 0) is 10.0 Å². The summed E-state index contributed by atoms with van der Waals surface area (Å²) < 4.78 is 21.3. The van der Waals surface area contributed by atoms with Crippen molar-refractivity contribution in [2.24, 2.45) is 5.14 Å². The van der Waals surface area contributed by atoms with E-state index >= 15 is 0 Å². The second kappa shape index (κ2) is 6.31. The third kappa shape index (κ3) is 5.11. The Balaban J connectivity index is 2.45. The molecular weight excluding hydrogens is 256 g/mol. The van der Waals surface area contributed by atoms with E-state index in [0.717, 1.165) is 0 Å². The van der Waals surface area contributed by atoms with E-state index in [4.69, 9.17) is 5.14 Å². The van der Waals surface area contributed by atoms with Gasteiger partial charge < -0.3 is 10.6 Å². The van der Waals surface area contributed by atoms with Crippen molar-refractivity contribution in [3.05, 3.63) is 23.9 Å². The molecule has 0 saturated carbocycles. The summed E-state index contributed by atoms with van der Waals surface area (Å²) in [6.45, 7) is 0.237. The number of rotatable bonds is 6. The molecule has 0 fully saturated rings. The van der Waals surface area contributed by atoms with E-state index in [1.807, 2.05) is 0 Å². The molecule has 1 amide bonds. The quantitative estimate of drug-likeness (QED) is 0.606. The number of hydrogen-bond acceptors (Lipinski definition) is 5. The molecule has 0 aliphatic carbocycles. The molecule has 7 nitrogen and oxygen atoms in total. The van der Waals surface area contributed by atoms with Gasteiger partial charge in [0, 0.05) is 13.6 Å². The molecule has 0 bridgehead atoms. The molecule has 0 aromatic carbocycles. The van der Waals surface area contributed by atoms with Gasteiger partial charge in [0.1, 0.15) is 11.5 Å². The lowest BCUT2D eigenvalue weighted by Crippen LogP contribution is -2.28. The van der Waals surface area contributed by atoms with Crippen LogP contribution in [0.3, 0.4) is 0 Å². The number of nitrogens with two attached hydrogens (primary N) is 1. The molecular formula is C10H16N4O3S. The van der Waals surface area contributed by atoms with E-state index < -0.39 is 10.0 Å². The van der Waals surface area contributed by atoms with Gasteiger partial charge in [-0.05, 0) is 18.6 Å². The number of hydrogen-bond donors (Lipinski definition) is 3. The van der Waals surface area contributed by atoms with Crippen molar-refractivity contribution in [2.45, 2.75) is 6.42 Å². The molecule has 18 heavy (non-hydrogen) atoms. The number of aromatic nitrogens is 1. The Morgan fingerprint density at radius 3 is 2.78 bits per heavy atom. The van der Waals surface area contributed by atoms with Crippen molar-refractivity contribution in [1.29, 1.82) is 0 Å². The number of carbonyl (C=O) groups is 1. The fraction of sp³-hybridized carbons (Fsp3) is 0.400. The molecule has 0 aliphatic rings. The first-order valence-electron chi connectivity index (χ1n) is 5.36. The SMILES string of the molecule is CNc1cccc(C(=O)NCCCS(N)(=O)=O)n1. The normalized spacial score (nSPS) is 11.0. The predicted molar refractivity (Wildman–Crippen MR) is 68.7 cm³/mol. The maximum atomic E-state index is 11.7. The Labute approximate surface area is 106 Å². The van der Waals surface area contributed by atoms with Crippen molar-refractivity contribution < 1.29 is 13.2 Å². The molecule has 1 aromatic heterocycles. The fourth-order valence-electron chi connectivity index (χ4n) is 1.27. The largest absolute Gasteiger partial charge is 0.373 e. The average Bonchev–Trinajstić information content (AvgIpc) is 2.33. The van der Waals surface area contributed by atoms with Gasteiger partial charge in [0.15, 0.2) is 0 Å². The Morgan fingerprint density at radius 2 is 2.17 bits per heavy atom. The summed E-state index contributed by atoms with van der Waals surface area (Å²) in [6, 6.07) is 5.02. The van der Waals surface area contributed by atoms with Gasteiger partial charge in [0.2, 0.25) is 10.0 Å².